The summed E-state index contributed by atoms with van der Waals surface area (Å²) in [6.45, 7) is 4.09. The van der Waals surface area contributed by atoms with Crippen LogP contribution < -0.4 is 0 Å². The summed E-state index contributed by atoms with van der Waals surface area (Å²) < 4.78 is 7.17. The normalized spacial score (nSPS) is 16.4. The third kappa shape index (κ3) is 2.84. The summed E-state index contributed by atoms with van der Waals surface area (Å²) in [7, 11) is 0. The molecule has 0 radical (unpaired) electrons. The minimum absolute atomic E-state index is 0.279. The van der Waals surface area contributed by atoms with Crippen molar-refractivity contribution in [3.8, 4) is 0 Å². The van der Waals surface area contributed by atoms with Gasteiger partial charge in [-0.1, -0.05) is 43.6 Å². The van der Waals surface area contributed by atoms with E-state index in [-0.39, 0.29) is 5.92 Å². The average molecular weight is 294 g/mol. The van der Waals surface area contributed by atoms with E-state index in [2.05, 4.69) is 25.7 Å². The van der Waals surface area contributed by atoms with Crippen LogP contribution in [-0.4, -0.2) is 30.3 Å². The highest BCUT2D eigenvalue weighted by molar-refractivity contribution is 7.98. The van der Waals surface area contributed by atoms with Gasteiger partial charge in [0.05, 0.1) is 11.8 Å². The zero-order valence-corrected chi connectivity index (χ0v) is 12.5. The topological polar surface area (TPSA) is 82.5 Å². The largest absolute Gasteiger partial charge is 0.338 e. The third-order valence-electron chi connectivity index (χ3n) is 3.46. The molecular weight excluding hydrogens is 276 g/mol. The summed E-state index contributed by atoms with van der Waals surface area (Å²) in [5.41, 5.74) is 0. The molecule has 3 rings (SSSR count). The molecule has 1 aliphatic carbocycles. The summed E-state index contributed by atoms with van der Waals surface area (Å²) in [6.07, 6.45) is 4.85. The molecular formula is C12H18N6OS. The van der Waals surface area contributed by atoms with Crippen molar-refractivity contribution in [1.82, 2.24) is 30.3 Å². The van der Waals surface area contributed by atoms with Crippen LogP contribution in [-0.2, 0) is 5.75 Å². The van der Waals surface area contributed by atoms with Crippen molar-refractivity contribution >= 4 is 11.8 Å². The molecule has 0 unspecified atom stereocenters. The van der Waals surface area contributed by atoms with Gasteiger partial charge in [-0.2, -0.15) is 4.98 Å². The molecule has 0 N–H and O–H groups in total. The number of hydrogen-bond acceptors (Lipinski definition) is 7. The Labute approximate surface area is 121 Å². The van der Waals surface area contributed by atoms with Crippen LogP contribution in [0.15, 0.2) is 9.68 Å². The standard InChI is InChI=1S/C12H18N6OS/c1-8(2)11-13-10(19-15-11)7-20-12-14-16-17-18(12)9-5-3-4-6-9/h8-9H,3-7H2,1-2H3. The second-order valence-electron chi connectivity index (χ2n) is 5.33. The van der Waals surface area contributed by atoms with E-state index in [0.29, 0.717) is 17.7 Å². The molecule has 108 valence electrons. The second-order valence-corrected chi connectivity index (χ2v) is 6.28. The van der Waals surface area contributed by atoms with Crippen LogP contribution in [0.3, 0.4) is 0 Å². The van der Waals surface area contributed by atoms with E-state index in [4.69, 9.17) is 4.52 Å². The number of nitrogens with zero attached hydrogens (tertiary/aromatic N) is 6. The Morgan fingerprint density at radius 1 is 1.35 bits per heavy atom. The van der Waals surface area contributed by atoms with Crippen molar-refractivity contribution in [2.45, 2.75) is 62.4 Å². The molecule has 2 aromatic rings. The number of aromatic nitrogens is 6. The minimum Gasteiger partial charge on any atom is -0.338 e. The fourth-order valence-electron chi connectivity index (χ4n) is 2.35. The highest BCUT2D eigenvalue weighted by atomic mass is 32.2. The summed E-state index contributed by atoms with van der Waals surface area (Å²) in [5.74, 6) is 2.25. The minimum atomic E-state index is 0.279. The van der Waals surface area contributed by atoms with Crippen LogP contribution in [0.25, 0.3) is 0 Å². The van der Waals surface area contributed by atoms with E-state index in [1.54, 1.807) is 11.8 Å². The zero-order chi connectivity index (χ0) is 13.9. The predicted octanol–water partition coefficient (Wildman–Crippen LogP) is 2.59. The van der Waals surface area contributed by atoms with Crippen molar-refractivity contribution in [1.29, 1.82) is 0 Å². The van der Waals surface area contributed by atoms with Gasteiger partial charge in [-0.05, 0) is 23.3 Å². The van der Waals surface area contributed by atoms with Crippen molar-refractivity contribution < 1.29 is 4.52 Å². The summed E-state index contributed by atoms with van der Waals surface area (Å²) in [4.78, 5) is 4.36. The Balaban J connectivity index is 1.64. The van der Waals surface area contributed by atoms with Crippen LogP contribution in [0.5, 0.6) is 0 Å². The number of rotatable bonds is 5. The lowest BCUT2D eigenvalue weighted by Gasteiger charge is -2.09. The molecule has 1 saturated carbocycles. The highest BCUT2D eigenvalue weighted by Gasteiger charge is 2.22. The molecule has 20 heavy (non-hydrogen) atoms. The van der Waals surface area contributed by atoms with Gasteiger partial charge in [0.2, 0.25) is 11.0 Å². The molecule has 2 heterocycles. The zero-order valence-electron chi connectivity index (χ0n) is 11.7. The smallest absolute Gasteiger partial charge is 0.237 e. The van der Waals surface area contributed by atoms with Crippen molar-refractivity contribution in [2.24, 2.45) is 0 Å². The van der Waals surface area contributed by atoms with E-state index in [1.807, 2.05) is 18.5 Å². The molecule has 0 amide bonds. The first-order valence-electron chi connectivity index (χ1n) is 6.97. The lowest BCUT2D eigenvalue weighted by molar-refractivity contribution is 0.382. The van der Waals surface area contributed by atoms with Crippen molar-refractivity contribution in [3.63, 3.8) is 0 Å². The number of thioether (sulfide) groups is 1. The lowest BCUT2D eigenvalue weighted by atomic mass is 10.2. The SMILES string of the molecule is CC(C)c1noc(CSc2nnnn2C2CCCC2)n1. The van der Waals surface area contributed by atoms with Gasteiger partial charge >= 0.3 is 0 Å². The molecule has 0 aromatic carbocycles. The number of tetrazole rings is 1. The van der Waals surface area contributed by atoms with E-state index in [0.717, 1.165) is 23.8 Å². The Kier molecular flexibility index (Phi) is 4.00. The van der Waals surface area contributed by atoms with E-state index < -0.39 is 0 Å². The van der Waals surface area contributed by atoms with Crippen molar-refractivity contribution in [2.75, 3.05) is 0 Å². The molecule has 8 heteroatoms. The first-order chi connectivity index (χ1) is 9.74. The maximum atomic E-state index is 5.23. The molecule has 2 aromatic heterocycles. The van der Waals surface area contributed by atoms with E-state index in [1.165, 1.54) is 12.8 Å². The third-order valence-corrected chi connectivity index (χ3v) is 4.38. The van der Waals surface area contributed by atoms with Gasteiger partial charge in [0, 0.05) is 5.92 Å². The van der Waals surface area contributed by atoms with Crippen LogP contribution in [0.1, 0.15) is 63.2 Å². The van der Waals surface area contributed by atoms with Crippen LogP contribution in [0.4, 0.5) is 0 Å². The van der Waals surface area contributed by atoms with Gasteiger partial charge in [0.25, 0.3) is 0 Å². The molecule has 7 nitrogen and oxygen atoms in total. The van der Waals surface area contributed by atoms with Gasteiger partial charge in [0.15, 0.2) is 5.82 Å². The van der Waals surface area contributed by atoms with Crippen LogP contribution in [0, 0.1) is 0 Å². The summed E-state index contributed by atoms with van der Waals surface area (Å²) in [6, 6.07) is 0.446. The summed E-state index contributed by atoms with van der Waals surface area (Å²) in [5, 5.41) is 16.8. The highest BCUT2D eigenvalue weighted by Crippen LogP contribution is 2.32. The van der Waals surface area contributed by atoms with Crippen LogP contribution in [0.2, 0.25) is 0 Å². The van der Waals surface area contributed by atoms with Gasteiger partial charge in [-0.25, -0.2) is 4.68 Å². The fraction of sp³-hybridized carbons (Fsp3) is 0.750. The molecule has 1 aliphatic rings. The predicted molar refractivity (Wildman–Crippen MR) is 73.3 cm³/mol. The molecule has 0 atom stereocenters. The van der Waals surface area contributed by atoms with Gasteiger partial charge in [-0.15, -0.1) is 5.10 Å². The van der Waals surface area contributed by atoms with Crippen LogP contribution >= 0.6 is 11.8 Å². The number of hydrogen-bond donors (Lipinski definition) is 0. The first-order valence-corrected chi connectivity index (χ1v) is 7.95. The van der Waals surface area contributed by atoms with E-state index >= 15 is 0 Å². The quantitative estimate of drug-likeness (QED) is 0.784. The molecule has 0 saturated heterocycles. The molecule has 0 aliphatic heterocycles. The molecule has 0 bridgehead atoms. The maximum absolute atomic E-state index is 5.23. The summed E-state index contributed by atoms with van der Waals surface area (Å²) >= 11 is 1.55. The fourth-order valence-corrected chi connectivity index (χ4v) is 3.13. The van der Waals surface area contributed by atoms with Gasteiger partial charge < -0.3 is 4.52 Å². The molecule has 0 spiro atoms. The lowest BCUT2D eigenvalue weighted by Crippen LogP contribution is -2.08. The Hall–Kier alpha value is -1.44. The Morgan fingerprint density at radius 3 is 2.85 bits per heavy atom. The average Bonchev–Trinajstić information content (AvgIpc) is 3.17. The Morgan fingerprint density at radius 2 is 2.15 bits per heavy atom. The van der Waals surface area contributed by atoms with Gasteiger partial charge in [0.1, 0.15) is 0 Å². The van der Waals surface area contributed by atoms with E-state index in [9.17, 15) is 0 Å². The monoisotopic (exact) mass is 294 g/mol. The Bertz CT molecular complexity index is 560. The first kappa shape index (κ1) is 13.5. The van der Waals surface area contributed by atoms with Crippen molar-refractivity contribution in [3.05, 3.63) is 11.7 Å². The van der Waals surface area contributed by atoms with Gasteiger partial charge in [-0.3, -0.25) is 0 Å². The second kappa shape index (κ2) is 5.90. The maximum Gasteiger partial charge on any atom is 0.237 e. The molecule has 1 fully saturated rings.